The number of amides is 1. The number of aromatic hydroxyl groups is 1. The number of phenolic OH excluding ortho intramolecular Hbond substituents is 1. The van der Waals surface area contributed by atoms with Gasteiger partial charge in [-0.3, -0.25) is 9.69 Å². The zero-order chi connectivity index (χ0) is 28.6. The first kappa shape index (κ1) is 25.7. The van der Waals surface area contributed by atoms with Crippen molar-refractivity contribution in [2.75, 3.05) is 20.1 Å². The number of piperidine rings is 1. The van der Waals surface area contributed by atoms with E-state index in [2.05, 4.69) is 0 Å². The maximum Gasteiger partial charge on any atom is 0.395 e. The fraction of sp³-hybridized carbons (Fsp3) is 0.531. The Kier molecular flexibility index (Phi) is 4.92. The molecule has 1 amide bonds. The van der Waals surface area contributed by atoms with E-state index in [-0.39, 0.29) is 49.1 Å². The molecule has 2 spiro atoms. The molecule has 5 aliphatic carbocycles. The van der Waals surface area contributed by atoms with Gasteiger partial charge >= 0.3 is 6.18 Å². The fourth-order valence-electron chi connectivity index (χ4n) is 9.35. The molecular weight excluding hydrogens is 533 g/mol. The zero-order valence-electron chi connectivity index (χ0n) is 22.9. The number of hydrogen-bond donors (Lipinski definition) is 2. The molecule has 2 saturated carbocycles. The van der Waals surface area contributed by atoms with E-state index < -0.39 is 34.1 Å². The predicted molar refractivity (Wildman–Crippen MR) is 143 cm³/mol. The number of ether oxygens (including phenoxy) is 1. The number of likely N-dealkylation sites (tertiary alicyclic amines) is 1. The Hall–Kier alpha value is -3.04. The molecule has 2 N–H and O–H groups in total. The third-order valence-corrected chi connectivity index (χ3v) is 11.4. The first-order valence-electron chi connectivity index (χ1n) is 14.5. The number of carbonyl (C=O) groups is 1. The zero-order valence-corrected chi connectivity index (χ0v) is 22.9. The third kappa shape index (κ3) is 3.04. The molecule has 9 heteroatoms. The molecule has 9 rings (SSSR count). The lowest BCUT2D eigenvalue weighted by Gasteiger charge is -2.70. The molecule has 6 nitrogen and oxygen atoms in total. The van der Waals surface area contributed by atoms with Crippen LogP contribution in [0, 0.1) is 10.8 Å². The molecule has 2 heterocycles. The van der Waals surface area contributed by atoms with Crippen LogP contribution in [0.25, 0.3) is 0 Å². The second-order valence-corrected chi connectivity index (χ2v) is 13.3. The summed E-state index contributed by atoms with van der Waals surface area (Å²) in [5.41, 5.74) is -1.63. The van der Waals surface area contributed by atoms with Crippen molar-refractivity contribution in [1.82, 2.24) is 9.80 Å². The number of fused-ring (bicyclic) bond motifs is 1. The van der Waals surface area contributed by atoms with Gasteiger partial charge in [-0.25, -0.2) is 0 Å². The lowest BCUT2D eigenvalue weighted by Crippen LogP contribution is -2.78. The number of halogens is 3. The van der Waals surface area contributed by atoms with Gasteiger partial charge in [0.2, 0.25) is 0 Å². The van der Waals surface area contributed by atoms with Crippen LogP contribution in [-0.2, 0) is 23.2 Å². The first-order valence-corrected chi connectivity index (χ1v) is 14.5. The van der Waals surface area contributed by atoms with Crippen LogP contribution in [0.5, 0.6) is 11.5 Å². The van der Waals surface area contributed by atoms with Crippen LogP contribution in [0.1, 0.15) is 48.8 Å². The summed E-state index contributed by atoms with van der Waals surface area (Å²) < 4.78 is 49.0. The Morgan fingerprint density at radius 3 is 2.56 bits per heavy atom. The number of alkyl halides is 3. The van der Waals surface area contributed by atoms with Crippen molar-refractivity contribution in [3.8, 4) is 11.5 Å². The van der Waals surface area contributed by atoms with Crippen LogP contribution in [0.3, 0.4) is 0 Å². The highest BCUT2D eigenvalue weighted by molar-refractivity contribution is 5.97. The number of likely N-dealkylation sites (N-methyl/N-ethyl adjacent to an activating group) is 1. The quantitative estimate of drug-likeness (QED) is 0.559. The van der Waals surface area contributed by atoms with Gasteiger partial charge in [0.15, 0.2) is 11.5 Å². The summed E-state index contributed by atoms with van der Waals surface area (Å²) in [6.45, 7) is 0.741. The van der Waals surface area contributed by atoms with E-state index in [1.54, 1.807) is 18.0 Å². The Morgan fingerprint density at radius 2 is 1.85 bits per heavy atom. The number of aliphatic hydroxyl groups is 1. The number of nitrogens with zero attached hydrogens (tertiary/aromatic N) is 2. The van der Waals surface area contributed by atoms with Crippen LogP contribution < -0.4 is 4.74 Å². The SMILES string of the molecule is CN(Cc1ccccc1)C(=O)C1=C[C@@]23CC[C@]1(O)[C@@H]1Oc4c(O)ccc5c4[C@@]12CCN(CC1(C(F)(F)F)CC1)[C@@H]3C5. The summed E-state index contributed by atoms with van der Waals surface area (Å²) in [6.07, 6.45) is -1.04. The van der Waals surface area contributed by atoms with E-state index in [1.807, 2.05) is 47.4 Å². The monoisotopic (exact) mass is 566 g/mol. The van der Waals surface area contributed by atoms with Crippen LogP contribution in [0.4, 0.5) is 13.2 Å². The van der Waals surface area contributed by atoms with Crippen LogP contribution in [0.15, 0.2) is 54.1 Å². The van der Waals surface area contributed by atoms with Gasteiger partial charge in [0, 0.05) is 42.7 Å². The van der Waals surface area contributed by atoms with Crippen molar-refractivity contribution >= 4 is 5.91 Å². The summed E-state index contributed by atoms with van der Waals surface area (Å²) in [5.74, 6) is 0.0471. The van der Waals surface area contributed by atoms with Gasteiger partial charge in [-0.1, -0.05) is 42.5 Å². The van der Waals surface area contributed by atoms with Crippen molar-refractivity contribution in [2.24, 2.45) is 10.8 Å². The van der Waals surface area contributed by atoms with Crippen molar-refractivity contribution in [2.45, 2.75) is 74.4 Å². The molecular formula is C32H33F3N2O4. The molecule has 0 unspecified atom stereocenters. The van der Waals surface area contributed by atoms with Crippen molar-refractivity contribution in [3.63, 3.8) is 0 Å². The number of hydrogen-bond acceptors (Lipinski definition) is 5. The van der Waals surface area contributed by atoms with Crippen LogP contribution in [-0.4, -0.2) is 70.0 Å². The smallest absolute Gasteiger partial charge is 0.395 e. The molecule has 1 saturated heterocycles. The molecule has 0 aromatic heterocycles. The second-order valence-electron chi connectivity index (χ2n) is 13.3. The highest BCUT2D eigenvalue weighted by Crippen LogP contribution is 2.74. The Balaban J connectivity index is 1.27. The topological polar surface area (TPSA) is 73.2 Å². The number of benzene rings is 2. The summed E-state index contributed by atoms with van der Waals surface area (Å²) in [7, 11) is 1.71. The van der Waals surface area contributed by atoms with Gasteiger partial charge in [0.05, 0.1) is 10.8 Å². The van der Waals surface area contributed by atoms with Gasteiger partial charge in [-0.15, -0.1) is 0 Å². The van der Waals surface area contributed by atoms with Crippen molar-refractivity contribution < 1.29 is 32.9 Å². The normalized spacial score (nSPS) is 35.4. The molecule has 2 aromatic carbocycles. The van der Waals surface area contributed by atoms with Crippen molar-refractivity contribution in [3.05, 3.63) is 70.8 Å². The maximum atomic E-state index is 14.2. The average molecular weight is 567 g/mol. The van der Waals surface area contributed by atoms with E-state index in [1.165, 1.54) is 0 Å². The first-order chi connectivity index (χ1) is 19.5. The fourth-order valence-corrected chi connectivity index (χ4v) is 9.35. The van der Waals surface area contributed by atoms with Gasteiger partial charge in [-0.2, -0.15) is 13.2 Å². The van der Waals surface area contributed by atoms with Crippen LogP contribution in [0.2, 0.25) is 0 Å². The molecule has 2 aromatic rings. The molecule has 2 aliphatic heterocycles. The van der Waals surface area contributed by atoms with E-state index >= 15 is 0 Å². The maximum absolute atomic E-state index is 14.2. The number of rotatable bonds is 5. The molecule has 7 aliphatic rings. The Morgan fingerprint density at radius 1 is 1.10 bits per heavy atom. The van der Waals surface area contributed by atoms with E-state index in [0.717, 1.165) is 16.7 Å². The number of carbonyl (C=O) groups excluding carboxylic acids is 1. The van der Waals surface area contributed by atoms with Gasteiger partial charge < -0.3 is 19.8 Å². The van der Waals surface area contributed by atoms with Crippen LogP contribution >= 0.6 is 0 Å². The highest BCUT2D eigenvalue weighted by Gasteiger charge is 2.79. The van der Waals surface area contributed by atoms with E-state index in [9.17, 15) is 28.2 Å². The van der Waals surface area contributed by atoms with E-state index in [0.29, 0.717) is 38.1 Å². The lowest BCUT2D eigenvalue weighted by molar-refractivity contribution is -0.212. The molecule has 3 fully saturated rings. The molecule has 41 heavy (non-hydrogen) atoms. The third-order valence-electron chi connectivity index (χ3n) is 11.4. The van der Waals surface area contributed by atoms with Crippen molar-refractivity contribution in [1.29, 1.82) is 0 Å². The van der Waals surface area contributed by atoms with Gasteiger partial charge in [0.25, 0.3) is 5.91 Å². The molecule has 216 valence electrons. The standard InChI is InChI=1S/C32H33F3N2O4/c1-36(17-19-5-3-2-4-6-19)26(39)21-16-29-11-12-31(21,40)27-30(29)13-14-37(18-28(9-10-28)32(33,34)35)23(29)15-20-7-8-22(38)25(41-27)24(20)30/h2-8,16,23,27,38,40H,9-15,17-18H2,1H3/t23-,27-,29-,30+,31-/m1/s1. The van der Waals surface area contributed by atoms with Gasteiger partial charge in [-0.05, 0) is 62.3 Å². The van der Waals surface area contributed by atoms with Gasteiger partial charge in [0.1, 0.15) is 11.7 Å². The molecule has 4 bridgehead atoms. The predicted octanol–water partition coefficient (Wildman–Crippen LogP) is 4.47. The summed E-state index contributed by atoms with van der Waals surface area (Å²) in [4.78, 5) is 17.7. The lowest BCUT2D eigenvalue weighted by atomic mass is 9.38. The molecule has 5 atom stereocenters. The largest absolute Gasteiger partial charge is 0.504 e. The van der Waals surface area contributed by atoms with E-state index in [4.69, 9.17) is 4.74 Å². The highest BCUT2D eigenvalue weighted by atomic mass is 19.4. The summed E-state index contributed by atoms with van der Waals surface area (Å²) in [5, 5.41) is 23.3. The Bertz CT molecular complexity index is 1500. The number of phenols is 1. The minimum atomic E-state index is -4.26. The minimum absolute atomic E-state index is 0.00497. The molecule has 0 radical (unpaired) electrons. The summed E-state index contributed by atoms with van der Waals surface area (Å²) in [6, 6.07) is 12.8. The second kappa shape index (κ2) is 7.86. The summed E-state index contributed by atoms with van der Waals surface area (Å²) >= 11 is 0. The Labute approximate surface area is 236 Å². The average Bonchev–Trinajstić information content (AvgIpc) is 3.64. The minimum Gasteiger partial charge on any atom is -0.504 e.